The predicted octanol–water partition coefficient (Wildman–Crippen LogP) is 5.43. The van der Waals surface area contributed by atoms with Gasteiger partial charge in [-0.15, -0.1) is 0 Å². The van der Waals surface area contributed by atoms with Crippen LogP contribution in [0.3, 0.4) is 0 Å². The molecule has 0 radical (unpaired) electrons. The summed E-state index contributed by atoms with van der Waals surface area (Å²) in [6, 6.07) is 1.94. The number of carbonyl (C=O) groups is 2. The van der Waals surface area contributed by atoms with Crippen molar-refractivity contribution in [2.24, 2.45) is 13.0 Å². The number of hydrogen-bond donors (Lipinski definition) is 1. The number of amides is 2. The van der Waals surface area contributed by atoms with Crippen molar-refractivity contribution in [3.63, 3.8) is 0 Å². The fourth-order valence-corrected chi connectivity index (χ4v) is 4.12. The molecule has 1 N–H and O–H groups in total. The second-order valence-electron chi connectivity index (χ2n) is 10.2. The van der Waals surface area contributed by atoms with E-state index in [1.807, 2.05) is 18.0 Å². The van der Waals surface area contributed by atoms with Gasteiger partial charge in [0.25, 0.3) is 0 Å². The van der Waals surface area contributed by atoms with Gasteiger partial charge in [0.15, 0.2) is 0 Å². The predicted molar refractivity (Wildman–Crippen MR) is 127 cm³/mol. The maximum atomic E-state index is 12.7. The Morgan fingerprint density at radius 3 is 2.26 bits per heavy atom. The van der Waals surface area contributed by atoms with Gasteiger partial charge in [-0.25, -0.2) is 0 Å². The first kappa shape index (κ1) is 25.4. The number of unbranched alkanes of at least 4 members (excludes halogenated alkanes) is 8. The molecular weight excluding hydrogens is 388 g/mol. The molecule has 2 amide bonds. The van der Waals surface area contributed by atoms with Gasteiger partial charge in [-0.1, -0.05) is 79.1 Å². The summed E-state index contributed by atoms with van der Waals surface area (Å²) < 4.78 is 1.72. The highest BCUT2D eigenvalue weighted by Gasteiger charge is 2.31. The van der Waals surface area contributed by atoms with Crippen molar-refractivity contribution < 1.29 is 9.59 Å². The molecule has 1 unspecified atom stereocenters. The van der Waals surface area contributed by atoms with E-state index in [4.69, 9.17) is 0 Å². The molecule has 1 aliphatic rings. The lowest BCUT2D eigenvalue weighted by Gasteiger charge is -2.16. The lowest BCUT2D eigenvalue weighted by molar-refractivity contribution is -0.130. The zero-order valence-corrected chi connectivity index (χ0v) is 20.5. The maximum Gasteiger partial charge on any atom is 0.230 e. The summed E-state index contributed by atoms with van der Waals surface area (Å²) in [6.07, 6.45) is 12.6. The monoisotopic (exact) mass is 432 g/mol. The lowest BCUT2D eigenvalue weighted by Crippen LogP contribution is -2.31. The molecule has 0 aromatic carbocycles. The SMILES string of the molecule is CCCCCCCCCCCC(=O)N1CCC(C(=O)Nc2cc(C(C)(C)C)nn2C)C1. The molecular formula is C25H44N4O2. The molecule has 1 aliphatic heterocycles. The van der Waals surface area contributed by atoms with Crippen molar-refractivity contribution in [1.82, 2.24) is 14.7 Å². The smallest absolute Gasteiger partial charge is 0.230 e. The zero-order chi connectivity index (χ0) is 22.9. The van der Waals surface area contributed by atoms with Gasteiger partial charge < -0.3 is 10.2 Å². The highest BCUT2D eigenvalue weighted by Crippen LogP contribution is 2.25. The molecule has 0 spiro atoms. The van der Waals surface area contributed by atoms with Gasteiger partial charge >= 0.3 is 0 Å². The fourth-order valence-electron chi connectivity index (χ4n) is 4.12. The summed E-state index contributed by atoms with van der Waals surface area (Å²) in [5.41, 5.74) is 0.890. The average molecular weight is 433 g/mol. The highest BCUT2D eigenvalue weighted by molar-refractivity contribution is 5.92. The number of likely N-dealkylation sites (tertiary alicyclic amines) is 1. The summed E-state index contributed by atoms with van der Waals surface area (Å²) >= 11 is 0. The molecule has 0 bridgehead atoms. The molecule has 6 heteroatoms. The third-order valence-electron chi connectivity index (χ3n) is 6.31. The quantitative estimate of drug-likeness (QED) is 0.448. The first-order chi connectivity index (χ1) is 14.7. The third-order valence-corrected chi connectivity index (χ3v) is 6.31. The van der Waals surface area contributed by atoms with Crippen LogP contribution in [0.5, 0.6) is 0 Å². The third kappa shape index (κ3) is 8.30. The van der Waals surface area contributed by atoms with Gasteiger partial charge in [-0.3, -0.25) is 14.3 Å². The number of aromatic nitrogens is 2. The van der Waals surface area contributed by atoms with Crippen molar-refractivity contribution in [2.75, 3.05) is 18.4 Å². The van der Waals surface area contributed by atoms with Crippen LogP contribution in [-0.2, 0) is 22.1 Å². The van der Waals surface area contributed by atoms with Gasteiger partial charge in [0.2, 0.25) is 11.8 Å². The van der Waals surface area contributed by atoms with E-state index in [1.165, 1.54) is 44.9 Å². The minimum absolute atomic E-state index is 0.0122. The summed E-state index contributed by atoms with van der Waals surface area (Å²) in [7, 11) is 1.85. The number of hydrogen-bond acceptors (Lipinski definition) is 3. The van der Waals surface area contributed by atoms with Gasteiger partial charge in [0, 0.05) is 38.0 Å². The molecule has 1 atom stereocenters. The van der Waals surface area contributed by atoms with Crippen LogP contribution in [0.15, 0.2) is 6.07 Å². The zero-order valence-electron chi connectivity index (χ0n) is 20.5. The van der Waals surface area contributed by atoms with Crippen LogP contribution in [0.25, 0.3) is 0 Å². The van der Waals surface area contributed by atoms with Gasteiger partial charge in [-0.05, 0) is 12.8 Å². The van der Waals surface area contributed by atoms with E-state index >= 15 is 0 Å². The molecule has 0 saturated carbocycles. The Hall–Kier alpha value is -1.85. The first-order valence-electron chi connectivity index (χ1n) is 12.4. The fraction of sp³-hybridized carbons (Fsp3) is 0.800. The summed E-state index contributed by atoms with van der Waals surface area (Å²) in [6.45, 7) is 9.79. The van der Waals surface area contributed by atoms with Crippen LogP contribution in [0, 0.1) is 5.92 Å². The molecule has 1 fully saturated rings. The Kier molecular flexibility index (Phi) is 10.0. The minimum Gasteiger partial charge on any atom is -0.342 e. The number of nitrogens with one attached hydrogen (secondary N) is 1. The molecule has 2 heterocycles. The minimum atomic E-state index is -0.139. The normalized spacial score (nSPS) is 16.7. The van der Waals surface area contributed by atoms with Gasteiger partial charge in [0.1, 0.15) is 5.82 Å². The van der Waals surface area contributed by atoms with Crippen LogP contribution >= 0.6 is 0 Å². The van der Waals surface area contributed by atoms with Crippen molar-refractivity contribution in [1.29, 1.82) is 0 Å². The summed E-state index contributed by atoms with van der Waals surface area (Å²) in [5.74, 6) is 0.769. The van der Waals surface area contributed by atoms with Crippen molar-refractivity contribution in [3.8, 4) is 0 Å². The Bertz CT molecular complexity index is 705. The van der Waals surface area contributed by atoms with Crippen LogP contribution in [0.4, 0.5) is 5.82 Å². The van der Waals surface area contributed by atoms with Crippen LogP contribution in [0.1, 0.15) is 104 Å². The van der Waals surface area contributed by atoms with Gasteiger partial charge in [-0.2, -0.15) is 5.10 Å². The topological polar surface area (TPSA) is 67.2 Å². The standard InChI is InChI=1S/C25H44N4O2/c1-6-7-8-9-10-11-12-13-14-15-23(30)29-17-16-20(19-29)24(31)26-22-18-21(25(2,3)4)27-28(22)5/h18,20H,6-17,19H2,1-5H3,(H,26,31). The second kappa shape index (κ2) is 12.3. The van der Waals surface area contributed by atoms with E-state index in [9.17, 15) is 9.59 Å². The van der Waals surface area contributed by atoms with E-state index in [-0.39, 0.29) is 23.1 Å². The Morgan fingerprint density at radius 1 is 1.06 bits per heavy atom. The number of anilines is 1. The van der Waals surface area contributed by atoms with E-state index in [1.54, 1.807) is 4.68 Å². The van der Waals surface area contributed by atoms with Crippen LogP contribution in [-0.4, -0.2) is 39.6 Å². The number of rotatable bonds is 12. The molecule has 6 nitrogen and oxygen atoms in total. The maximum absolute atomic E-state index is 12.7. The number of nitrogens with zero attached hydrogens (tertiary/aromatic N) is 3. The lowest BCUT2D eigenvalue weighted by atomic mass is 9.92. The van der Waals surface area contributed by atoms with Gasteiger partial charge in [0.05, 0.1) is 11.6 Å². The molecule has 1 saturated heterocycles. The number of aryl methyl sites for hydroxylation is 1. The Balaban J connectivity index is 1.66. The number of carbonyl (C=O) groups excluding carboxylic acids is 2. The first-order valence-corrected chi connectivity index (χ1v) is 12.4. The molecule has 2 rings (SSSR count). The summed E-state index contributed by atoms with van der Waals surface area (Å²) in [5, 5.41) is 7.53. The molecule has 1 aromatic heterocycles. The highest BCUT2D eigenvalue weighted by atomic mass is 16.2. The molecule has 1 aromatic rings. The van der Waals surface area contributed by atoms with Crippen molar-refractivity contribution in [3.05, 3.63) is 11.8 Å². The van der Waals surface area contributed by atoms with Crippen molar-refractivity contribution in [2.45, 2.75) is 104 Å². The largest absolute Gasteiger partial charge is 0.342 e. The molecule has 31 heavy (non-hydrogen) atoms. The molecule has 176 valence electrons. The average Bonchev–Trinajstić information content (AvgIpc) is 3.34. The van der Waals surface area contributed by atoms with Crippen molar-refractivity contribution >= 4 is 17.6 Å². The van der Waals surface area contributed by atoms with E-state index in [0.29, 0.717) is 19.5 Å². The van der Waals surface area contributed by atoms with Crippen LogP contribution < -0.4 is 5.32 Å². The van der Waals surface area contributed by atoms with Crippen LogP contribution in [0.2, 0.25) is 0 Å². The van der Waals surface area contributed by atoms with E-state index in [2.05, 4.69) is 38.1 Å². The summed E-state index contributed by atoms with van der Waals surface area (Å²) in [4.78, 5) is 27.1. The Labute approximate surface area is 189 Å². The second-order valence-corrected chi connectivity index (χ2v) is 10.2. The molecule has 0 aliphatic carbocycles. The van der Waals surface area contributed by atoms with E-state index in [0.717, 1.165) is 30.8 Å². The van der Waals surface area contributed by atoms with E-state index < -0.39 is 0 Å². The Morgan fingerprint density at radius 2 is 1.68 bits per heavy atom.